The van der Waals surface area contributed by atoms with E-state index < -0.39 is 5.97 Å². The van der Waals surface area contributed by atoms with Gasteiger partial charge in [-0.05, 0) is 128 Å². The van der Waals surface area contributed by atoms with Crippen LogP contribution in [0.15, 0.2) is 97.1 Å². The molecule has 4 aromatic rings. The maximum absolute atomic E-state index is 13.0. The van der Waals surface area contributed by atoms with Crippen molar-refractivity contribution in [3.63, 3.8) is 0 Å². The van der Waals surface area contributed by atoms with Crippen molar-refractivity contribution in [2.45, 2.75) is 76.0 Å². The molecule has 0 aliphatic heterocycles. The molecule has 3 aliphatic rings. The van der Waals surface area contributed by atoms with E-state index in [4.69, 9.17) is 9.47 Å². The van der Waals surface area contributed by atoms with Crippen LogP contribution in [0.25, 0.3) is 0 Å². The fourth-order valence-electron chi connectivity index (χ4n) is 8.97. The molecule has 46 heavy (non-hydrogen) atoms. The normalized spacial score (nSPS) is 26.9. The van der Waals surface area contributed by atoms with Crippen molar-refractivity contribution < 1.29 is 24.2 Å². The van der Waals surface area contributed by atoms with E-state index in [0.29, 0.717) is 40.4 Å². The molecule has 3 atom stereocenters. The van der Waals surface area contributed by atoms with Crippen molar-refractivity contribution in [2.75, 3.05) is 0 Å². The number of hydrogen-bond acceptors (Lipinski definition) is 5. The van der Waals surface area contributed by atoms with Crippen LogP contribution in [0.4, 0.5) is 0 Å². The van der Waals surface area contributed by atoms with Crippen LogP contribution in [0.1, 0.15) is 96.2 Å². The number of phenols is 1. The summed E-state index contributed by atoms with van der Waals surface area (Å²) in [5.41, 5.74) is 4.19. The van der Waals surface area contributed by atoms with Crippen molar-refractivity contribution in [1.29, 1.82) is 0 Å². The summed E-state index contributed by atoms with van der Waals surface area (Å²) in [5.74, 6) is 1.87. The highest BCUT2D eigenvalue weighted by Crippen LogP contribution is 2.64. The first-order valence-electron chi connectivity index (χ1n) is 16.8. The number of rotatable bonds is 5. The maximum Gasteiger partial charge on any atom is 0.343 e. The zero-order chi connectivity index (χ0) is 31.9. The minimum absolute atomic E-state index is 0.0262. The zero-order valence-corrected chi connectivity index (χ0v) is 26.7. The first-order chi connectivity index (χ1) is 22.3. The first kappa shape index (κ1) is 30.3. The lowest BCUT2D eigenvalue weighted by Crippen LogP contribution is -2.57. The molecule has 3 unspecified atom stereocenters. The fourth-order valence-corrected chi connectivity index (χ4v) is 8.97. The summed E-state index contributed by atoms with van der Waals surface area (Å²) in [6.07, 6.45) is 8.45. The Morgan fingerprint density at radius 2 is 1.17 bits per heavy atom. The molecule has 3 aliphatic carbocycles. The topological polar surface area (TPSA) is 72.8 Å². The number of fused-ring (bicyclic) bond motifs is 4. The third kappa shape index (κ3) is 5.40. The number of phenolic OH excluding ortho intramolecular Hbond substituents is 1. The molecule has 5 heteroatoms. The van der Waals surface area contributed by atoms with Gasteiger partial charge in [-0.25, -0.2) is 9.59 Å². The van der Waals surface area contributed by atoms with E-state index in [2.05, 4.69) is 26.0 Å². The Labute approximate surface area is 271 Å². The van der Waals surface area contributed by atoms with Crippen LogP contribution in [0, 0.1) is 17.8 Å². The number of benzene rings is 4. The van der Waals surface area contributed by atoms with Gasteiger partial charge in [0, 0.05) is 17.0 Å². The molecule has 5 nitrogen and oxygen atoms in total. The molecule has 4 aromatic carbocycles. The van der Waals surface area contributed by atoms with Gasteiger partial charge in [-0.2, -0.15) is 0 Å². The third-order valence-electron chi connectivity index (χ3n) is 11.3. The molecule has 0 bridgehead atoms. The highest BCUT2D eigenvalue weighted by molar-refractivity contribution is 5.91. The predicted molar refractivity (Wildman–Crippen MR) is 179 cm³/mol. The van der Waals surface area contributed by atoms with Gasteiger partial charge in [0.25, 0.3) is 0 Å². The van der Waals surface area contributed by atoms with E-state index in [0.717, 1.165) is 44.1 Å². The lowest BCUT2D eigenvalue weighted by Gasteiger charge is -2.61. The number of hydrogen-bond donors (Lipinski definition) is 1. The summed E-state index contributed by atoms with van der Waals surface area (Å²) >= 11 is 0. The molecule has 0 heterocycles. The lowest BCUT2D eigenvalue weighted by molar-refractivity contribution is 0.0203. The van der Waals surface area contributed by atoms with Crippen LogP contribution in [-0.4, -0.2) is 17.0 Å². The van der Waals surface area contributed by atoms with Gasteiger partial charge < -0.3 is 14.6 Å². The largest absolute Gasteiger partial charge is 0.508 e. The zero-order valence-electron chi connectivity index (χ0n) is 26.7. The summed E-state index contributed by atoms with van der Waals surface area (Å²) in [6, 6.07) is 29.7. The van der Waals surface area contributed by atoms with E-state index in [9.17, 15) is 14.7 Å². The SMILES string of the molecule is CC1CCC2(CC1)c1ccc(OC(=O)c3ccccc3)cc1CC1(c3ccc(OC(=O)c4ccccc4)cc3O)CCC(C)CC12. The maximum atomic E-state index is 13.0. The molecule has 0 aromatic heterocycles. The standard InChI is InChI=1S/C41H42O5/c1-27-17-20-40(21-18-27)34-15-13-32(45-38(43)29-9-5-3-6-10-29)24-31(34)26-41(22-19-28(2)23-37(40)41)35-16-14-33(25-36(35)42)46-39(44)30-11-7-4-8-12-30/h3-16,24-25,27-28,37,42H,17-23,26H2,1-2H3. The van der Waals surface area contributed by atoms with Crippen LogP contribution < -0.4 is 9.47 Å². The first-order valence-corrected chi connectivity index (χ1v) is 16.8. The van der Waals surface area contributed by atoms with Gasteiger partial charge in [0.2, 0.25) is 0 Å². The second-order valence-corrected chi connectivity index (χ2v) is 14.1. The third-order valence-corrected chi connectivity index (χ3v) is 11.3. The summed E-state index contributed by atoms with van der Waals surface area (Å²) in [7, 11) is 0. The van der Waals surface area contributed by atoms with E-state index in [-0.39, 0.29) is 22.5 Å². The van der Waals surface area contributed by atoms with Gasteiger partial charge in [-0.1, -0.05) is 62.4 Å². The van der Waals surface area contributed by atoms with Crippen molar-refractivity contribution >= 4 is 11.9 Å². The Balaban J connectivity index is 1.29. The van der Waals surface area contributed by atoms with Crippen molar-refractivity contribution in [1.82, 2.24) is 0 Å². The molecule has 236 valence electrons. The van der Waals surface area contributed by atoms with Crippen molar-refractivity contribution in [2.24, 2.45) is 17.8 Å². The van der Waals surface area contributed by atoms with Gasteiger partial charge in [0.1, 0.15) is 17.2 Å². The van der Waals surface area contributed by atoms with Crippen LogP contribution in [0.5, 0.6) is 17.2 Å². The molecular formula is C41H42O5. The highest BCUT2D eigenvalue weighted by Gasteiger charge is 2.59. The van der Waals surface area contributed by atoms with Crippen molar-refractivity contribution in [3.05, 3.63) is 125 Å². The van der Waals surface area contributed by atoms with Gasteiger partial charge in [0.05, 0.1) is 11.1 Å². The fraction of sp³-hybridized carbons (Fsp3) is 0.366. The summed E-state index contributed by atoms with van der Waals surface area (Å²) < 4.78 is 11.6. The lowest BCUT2D eigenvalue weighted by atomic mass is 9.43. The average Bonchev–Trinajstić information content (AvgIpc) is 3.07. The number of aromatic hydroxyl groups is 1. The predicted octanol–water partition coefficient (Wildman–Crippen LogP) is 9.21. The smallest absolute Gasteiger partial charge is 0.343 e. The van der Waals surface area contributed by atoms with Gasteiger partial charge in [0.15, 0.2) is 0 Å². The van der Waals surface area contributed by atoms with E-state index in [1.807, 2.05) is 42.5 Å². The van der Waals surface area contributed by atoms with Gasteiger partial charge in [-0.15, -0.1) is 0 Å². The quantitative estimate of drug-likeness (QED) is 0.179. The Bertz CT molecular complexity index is 1740. The van der Waals surface area contributed by atoms with Crippen LogP contribution in [0.2, 0.25) is 0 Å². The Morgan fingerprint density at radius 1 is 0.652 bits per heavy atom. The summed E-state index contributed by atoms with van der Waals surface area (Å²) in [6.45, 7) is 4.73. The molecule has 2 saturated carbocycles. The minimum atomic E-state index is -0.449. The van der Waals surface area contributed by atoms with Gasteiger partial charge in [-0.3, -0.25) is 0 Å². The van der Waals surface area contributed by atoms with Crippen molar-refractivity contribution in [3.8, 4) is 17.2 Å². The molecule has 0 saturated heterocycles. The van der Waals surface area contributed by atoms with E-state index in [1.54, 1.807) is 42.5 Å². The van der Waals surface area contributed by atoms with E-state index in [1.165, 1.54) is 24.0 Å². The number of carbonyl (C=O) groups excluding carboxylic acids is 2. The Hall–Kier alpha value is -4.38. The number of ether oxygens (including phenoxy) is 2. The second kappa shape index (κ2) is 12.1. The van der Waals surface area contributed by atoms with Crippen LogP contribution in [0.3, 0.4) is 0 Å². The number of esters is 2. The minimum Gasteiger partial charge on any atom is -0.508 e. The molecule has 0 radical (unpaired) electrons. The van der Waals surface area contributed by atoms with Gasteiger partial charge >= 0.3 is 11.9 Å². The second-order valence-electron chi connectivity index (χ2n) is 14.1. The molecule has 1 spiro atoms. The Morgan fingerprint density at radius 3 is 1.76 bits per heavy atom. The van der Waals surface area contributed by atoms with Crippen LogP contribution in [-0.2, 0) is 17.3 Å². The highest BCUT2D eigenvalue weighted by atomic mass is 16.5. The molecule has 2 fully saturated rings. The molecule has 7 rings (SSSR count). The van der Waals surface area contributed by atoms with Crippen LogP contribution >= 0.6 is 0 Å². The molecule has 1 N–H and O–H groups in total. The molecule has 0 amide bonds. The number of carbonyl (C=O) groups is 2. The average molecular weight is 615 g/mol. The summed E-state index contributed by atoms with van der Waals surface area (Å²) in [4.78, 5) is 25.8. The van der Waals surface area contributed by atoms with E-state index >= 15 is 0 Å². The monoisotopic (exact) mass is 614 g/mol. The Kier molecular flexibility index (Phi) is 7.96. The molecular weight excluding hydrogens is 572 g/mol. The summed E-state index contributed by atoms with van der Waals surface area (Å²) in [5, 5.41) is 11.7.